The fraction of sp³-hybridized carbons (Fsp3) is 0.867. The molecule has 0 radical (unpaired) electrons. The Bertz CT molecular complexity index is 428. The van der Waals surface area contributed by atoms with Gasteiger partial charge in [-0.1, -0.05) is 35.2 Å². The topological polar surface area (TPSA) is 64.7 Å². The van der Waals surface area contributed by atoms with Crippen molar-refractivity contribution in [2.24, 2.45) is 5.92 Å². The van der Waals surface area contributed by atoms with E-state index in [1.807, 2.05) is 4.90 Å². The Labute approximate surface area is 140 Å². The van der Waals surface area contributed by atoms with Crippen molar-refractivity contribution in [3.63, 3.8) is 0 Å². The number of alkyl halides is 1. The number of halogens is 1. The van der Waals surface area contributed by atoms with Gasteiger partial charge in [-0.3, -0.25) is 19.9 Å². The molecule has 2 amide bonds. The van der Waals surface area contributed by atoms with E-state index in [-0.39, 0.29) is 22.7 Å². The number of carbonyl (C=O) groups is 2. The maximum Gasteiger partial charge on any atom is 0.249 e. The molecule has 1 saturated carbocycles. The number of hydrogen-bond acceptors (Lipinski definition) is 4. The van der Waals surface area contributed by atoms with E-state index in [1.165, 1.54) is 32.1 Å². The van der Waals surface area contributed by atoms with E-state index >= 15 is 0 Å². The van der Waals surface area contributed by atoms with Gasteiger partial charge in [0.15, 0.2) is 0 Å². The molecular formula is C15H25BrN4O2. The molecule has 3 fully saturated rings. The molecule has 0 aromatic carbocycles. The minimum absolute atomic E-state index is 0.0366. The van der Waals surface area contributed by atoms with Gasteiger partial charge in [0.05, 0.1) is 6.54 Å². The smallest absolute Gasteiger partial charge is 0.249 e. The number of nitrogens with zero attached hydrogens (tertiary/aromatic N) is 2. The molecule has 22 heavy (non-hydrogen) atoms. The largest absolute Gasteiger partial charge is 0.340 e. The summed E-state index contributed by atoms with van der Waals surface area (Å²) in [6.07, 6.45) is 6.51. The van der Waals surface area contributed by atoms with Crippen molar-refractivity contribution in [2.75, 3.05) is 32.7 Å². The SMILES string of the molecule is O=C1NNCC(N2CCN(CC3CCCCC3)C(=O)C2)C1Br. The number of nitrogens with one attached hydrogen (secondary N) is 2. The molecule has 0 spiro atoms. The first-order chi connectivity index (χ1) is 10.6. The maximum atomic E-state index is 12.5. The molecule has 3 aliphatic rings. The van der Waals surface area contributed by atoms with E-state index in [0.717, 1.165) is 19.6 Å². The van der Waals surface area contributed by atoms with Gasteiger partial charge < -0.3 is 4.90 Å². The van der Waals surface area contributed by atoms with Crippen LogP contribution in [-0.4, -0.2) is 65.2 Å². The summed E-state index contributed by atoms with van der Waals surface area (Å²) in [6, 6.07) is 0.0366. The minimum atomic E-state index is -0.258. The number of rotatable bonds is 3. The van der Waals surface area contributed by atoms with Crippen molar-refractivity contribution in [1.29, 1.82) is 0 Å². The Kier molecular flexibility index (Phi) is 5.36. The van der Waals surface area contributed by atoms with Crippen LogP contribution in [0.5, 0.6) is 0 Å². The molecule has 124 valence electrons. The van der Waals surface area contributed by atoms with Crippen LogP contribution in [0.4, 0.5) is 0 Å². The quantitative estimate of drug-likeness (QED) is 0.707. The van der Waals surface area contributed by atoms with Crippen LogP contribution in [0.15, 0.2) is 0 Å². The van der Waals surface area contributed by atoms with Gasteiger partial charge in [0.2, 0.25) is 11.8 Å². The first-order valence-corrected chi connectivity index (χ1v) is 9.25. The third-order valence-corrected chi connectivity index (χ3v) is 6.16. The highest BCUT2D eigenvalue weighted by atomic mass is 79.9. The maximum absolute atomic E-state index is 12.5. The van der Waals surface area contributed by atoms with Gasteiger partial charge >= 0.3 is 0 Å². The summed E-state index contributed by atoms with van der Waals surface area (Å²) in [5.74, 6) is 0.839. The Morgan fingerprint density at radius 2 is 1.91 bits per heavy atom. The fourth-order valence-electron chi connectivity index (χ4n) is 3.79. The first kappa shape index (κ1) is 16.2. The Balaban J connectivity index is 1.53. The van der Waals surface area contributed by atoms with Crippen LogP contribution in [0.1, 0.15) is 32.1 Å². The zero-order valence-corrected chi connectivity index (χ0v) is 14.5. The van der Waals surface area contributed by atoms with Gasteiger partial charge in [-0.15, -0.1) is 0 Å². The summed E-state index contributed by atoms with van der Waals surface area (Å²) < 4.78 is 0. The van der Waals surface area contributed by atoms with Gasteiger partial charge in [0.25, 0.3) is 0 Å². The molecule has 0 aromatic rings. The lowest BCUT2D eigenvalue weighted by atomic mass is 9.89. The average molecular weight is 373 g/mol. The number of carbonyl (C=O) groups excluding carboxylic acids is 2. The number of piperazine rings is 1. The monoisotopic (exact) mass is 372 g/mol. The first-order valence-electron chi connectivity index (χ1n) is 8.34. The van der Waals surface area contributed by atoms with Crippen LogP contribution < -0.4 is 10.9 Å². The lowest BCUT2D eigenvalue weighted by Gasteiger charge is -2.42. The zero-order valence-electron chi connectivity index (χ0n) is 12.9. The highest BCUT2D eigenvalue weighted by Crippen LogP contribution is 2.25. The molecular weight excluding hydrogens is 348 g/mol. The summed E-state index contributed by atoms with van der Waals surface area (Å²) in [5.41, 5.74) is 5.53. The Morgan fingerprint density at radius 3 is 2.64 bits per heavy atom. The molecule has 0 aromatic heterocycles. The van der Waals surface area contributed by atoms with E-state index in [4.69, 9.17) is 0 Å². The van der Waals surface area contributed by atoms with Crippen LogP contribution in [0.25, 0.3) is 0 Å². The van der Waals surface area contributed by atoms with E-state index in [1.54, 1.807) is 0 Å². The standard InChI is InChI=1S/C15H25BrN4O2/c16-14-12(8-17-18-15(14)22)19-6-7-20(13(21)10-19)9-11-4-2-1-3-5-11/h11-12,14,17H,1-10H2,(H,18,22). The van der Waals surface area contributed by atoms with Crippen molar-refractivity contribution < 1.29 is 9.59 Å². The van der Waals surface area contributed by atoms with Gasteiger partial charge in [0.1, 0.15) is 4.83 Å². The highest BCUT2D eigenvalue weighted by Gasteiger charge is 2.37. The third kappa shape index (κ3) is 3.63. The van der Waals surface area contributed by atoms with Crippen molar-refractivity contribution >= 4 is 27.7 Å². The van der Waals surface area contributed by atoms with Gasteiger partial charge in [-0.2, -0.15) is 0 Å². The molecule has 2 atom stereocenters. The third-order valence-electron chi connectivity index (χ3n) is 5.13. The molecule has 2 unspecified atom stereocenters. The molecule has 7 heteroatoms. The summed E-state index contributed by atoms with van der Waals surface area (Å²) in [7, 11) is 0. The Morgan fingerprint density at radius 1 is 1.14 bits per heavy atom. The van der Waals surface area contributed by atoms with Crippen LogP contribution in [0.2, 0.25) is 0 Å². The lowest BCUT2D eigenvalue weighted by molar-refractivity contribution is -0.139. The summed E-state index contributed by atoms with van der Waals surface area (Å²) in [6.45, 7) is 3.65. The molecule has 2 saturated heterocycles. The van der Waals surface area contributed by atoms with Crippen LogP contribution in [-0.2, 0) is 9.59 Å². The minimum Gasteiger partial charge on any atom is -0.340 e. The molecule has 3 rings (SSSR count). The number of hydrogen-bond donors (Lipinski definition) is 2. The van der Waals surface area contributed by atoms with Gasteiger partial charge in [0, 0.05) is 32.2 Å². The molecule has 2 heterocycles. The molecule has 2 aliphatic heterocycles. The van der Waals surface area contributed by atoms with Crippen molar-refractivity contribution in [3.05, 3.63) is 0 Å². The second kappa shape index (κ2) is 7.27. The molecule has 6 nitrogen and oxygen atoms in total. The molecule has 2 N–H and O–H groups in total. The van der Waals surface area contributed by atoms with E-state index in [0.29, 0.717) is 19.0 Å². The fourth-order valence-corrected chi connectivity index (χ4v) is 4.42. The van der Waals surface area contributed by atoms with E-state index < -0.39 is 0 Å². The van der Waals surface area contributed by atoms with Crippen molar-refractivity contribution in [2.45, 2.75) is 43.0 Å². The predicted octanol–water partition coefficient (Wildman–Crippen LogP) is 0.477. The zero-order chi connectivity index (χ0) is 15.5. The second-order valence-electron chi connectivity index (χ2n) is 6.65. The van der Waals surface area contributed by atoms with E-state index in [2.05, 4.69) is 31.7 Å². The van der Waals surface area contributed by atoms with Crippen LogP contribution in [0.3, 0.4) is 0 Å². The number of hydrazine groups is 1. The summed E-state index contributed by atoms with van der Waals surface area (Å²) >= 11 is 3.45. The second-order valence-corrected chi connectivity index (χ2v) is 7.64. The van der Waals surface area contributed by atoms with Gasteiger partial charge in [-0.05, 0) is 18.8 Å². The van der Waals surface area contributed by atoms with E-state index in [9.17, 15) is 9.59 Å². The predicted molar refractivity (Wildman–Crippen MR) is 87.4 cm³/mol. The van der Waals surface area contributed by atoms with Crippen LogP contribution in [0, 0.1) is 5.92 Å². The van der Waals surface area contributed by atoms with Crippen molar-refractivity contribution in [3.8, 4) is 0 Å². The normalized spacial score (nSPS) is 32.1. The lowest BCUT2D eigenvalue weighted by Crippen LogP contribution is -2.65. The van der Waals surface area contributed by atoms with Gasteiger partial charge in [-0.25, -0.2) is 5.43 Å². The summed E-state index contributed by atoms with van der Waals surface area (Å²) in [4.78, 5) is 28.1. The van der Waals surface area contributed by atoms with Crippen molar-refractivity contribution in [1.82, 2.24) is 20.7 Å². The highest BCUT2D eigenvalue weighted by molar-refractivity contribution is 9.10. The molecule has 0 bridgehead atoms. The number of amides is 2. The van der Waals surface area contributed by atoms with Crippen LogP contribution >= 0.6 is 15.9 Å². The molecule has 1 aliphatic carbocycles. The average Bonchev–Trinajstić information content (AvgIpc) is 2.53. The summed E-state index contributed by atoms with van der Waals surface area (Å²) in [5, 5.41) is 0. The Hall–Kier alpha value is -0.660.